The molecule has 3 aromatic heterocycles. The molecule has 7 nitrogen and oxygen atoms in total. The number of benzene rings is 1. The van der Waals surface area contributed by atoms with Gasteiger partial charge in [-0.25, -0.2) is 13.8 Å². The number of ether oxygens (including phenoxy) is 1. The van der Waals surface area contributed by atoms with E-state index < -0.39 is 46.7 Å². The summed E-state index contributed by atoms with van der Waals surface area (Å²) in [6.07, 6.45) is -2.52. The molecule has 38 heavy (non-hydrogen) atoms. The first-order valence-electron chi connectivity index (χ1n) is 10.9. The highest BCUT2D eigenvalue weighted by Crippen LogP contribution is 2.36. The molecule has 0 aliphatic heterocycles. The van der Waals surface area contributed by atoms with Crippen LogP contribution in [0.2, 0.25) is 0 Å². The fourth-order valence-corrected chi connectivity index (χ4v) is 3.72. The zero-order chi connectivity index (χ0) is 27.6. The van der Waals surface area contributed by atoms with Crippen LogP contribution in [-0.2, 0) is 12.7 Å². The summed E-state index contributed by atoms with van der Waals surface area (Å²) in [4.78, 5) is 17.1. The van der Waals surface area contributed by atoms with E-state index in [1.807, 2.05) is 6.07 Å². The van der Waals surface area contributed by atoms with E-state index in [1.165, 1.54) is 30.7 Å². The van der Waals surface area contributed by atoms with Crippen molar-refractivity contribution >= 4 is 0 Å². The largest absolute Gasteiger partial charge is 0.477 e. The van der Waals surface area contributed by atoms with Gasteiger partial charge in [0.25, 0.3) is 5.56 Å². The lowest BCUT2D eigenvalue weighted by molar-refractivity contribution is -0.137. The van der Waals surface area contributed by atoms with Gasteiger partial charge in [0.15, 0.2) is 5.76 Å². The molecule has 0 aliphatic rings. The Kier molecular flexibility index (Phi) is 7.00. The predicted molar refractivity (Wildman–Crippen MR) is 123 cm³/mol. The van der Waals surface area contributed by atoms with Crippen molar-refractivity contribution in [1.29, 1.82) is 10.5 Å². The Balaban J connectivity index is 1.90. The number of pyridine rings is 2. The van der Waals surface area contributed by atoms with Crippen LogP contribution in [0.25, 0.3) is 22.6 Å². The van der Waals surface area contributed by atoms with Gasteiger partial charge in [-0.2, -0.15) is 23.7 Å². The number of nitriles is 2. The molecule has 0 N–H and O–H groups in total. The van der Waals surface area contributed by atoms with Crippen LogP contribution in [0.15, 0.2) is 58.1 Å². The second-order valence-corrected chi connectivity index (χ2v) is 7.88. The van der Waals surface area contributed by atoms with Crippen LogP contribution in [0.1, 0.15) is 29.2 Å². The minimum atomic E-state index is -5.06. The first-order chi connectivity index (χ1) is 18.1. The molecule has 0 amide bonds. The standard InChI is InChI=1S/C26H15F5N4O3/c1-2-37-24-15(9-32)5-16(11-34-24)17-6-23(38-13-17)22-8-20(26(29,30)31)19(10-33)25(36)35(22)12-14-3-4-18(27)7-21(14)28/h3-8,11,13H,2,12H2,1H3. The summed E-state index contributed by atoms with van der Waals surface area (Å²) in [6.45, 7) is 1.36. The maximum absolute atomic E-state index is 14.4. The highest BCUT2D eigenvalue weighted by Gasteiger charge is 2.37. The van der Waals surface area contributed by atoms with Crippen LogP contribution in [0.4, 0.5) is 22.0 Å². The molecule has 1 aromatic carbocycles. The highest BCUT2D eigenvalue weighted by atomic mass is 19.4. The second-order valence-electron chi connectivity index (χ2n) is 7.88. The smallest absolute Gasteiger partial charge is 0.417 e. The molecule has 0 radical (unpaired) electrons. The molecule has 0 saturated carbocycles. The van der Waals surface area contributed by atoms with E-state index in [-0.39, 0.29) is 29.4 Å². The SMILES string of the molecule is CCOc1ncc(-c2coc(-c3cc(C(F)(F)F)c(C#N)c(=O)n3Cc3ccc(F)cc3F)c2)cc1C#N. The summed E-state index contributed by atoms with van der Waals surface area (Å²) < 4.78 is 80.5. The van der Waals surface area contributed by atoms with Crippen molar-refractivity contribution in [3.05, 3.63) is 93.1 Å². The number of alkyl halides is 3. The lowest BCUT2D eigenvalue weighted by Gasteiger charge is -2.16. The molecule has 0 saturated heterocycles. The molecule has 3 heterocycles. The average molecular weight is 526 g/mol. The third-order valence-electron chi connectivity index (χ3n) is 5.50. The number of hydrogen-bond acceptors (Lipinski definition) is 6. The van der Waals surface area contributed by atoms with E-state index in [9.17, 15) is 37.3 Å². The summed E-state index contributed by atoms with van der Waals surface area (Å²) in [5.41, 5.74) is -3.87. The lowest BCUT2D eigenvalue weighted by Crippen LogP contribution is -2.29. The zero-order valence-corrected chi connectivity index (χ0v) is 19.4. The van der Waals surface area contributed by atoms with E-state index in [2.05, 4.69) is 4.98 Å². The summed E-state index contributed by atoms with van der Waals surface area (Å²) in [5, 5.41) is 18.7. The Hall–Kier alpha value is -4.97. The number of halogens is 5. The van der Waals surface area contributed by atoms with Crippen molar-refractivity contribution in [3.8, 4) is 40.6 Å². The quantitative estimate of drug-likeness (QED) is 0.301. The third-order valence-corrected chi connectivity index (χ3v) is 5.50. The first kappa shape index (κ1) is 26.1. The van der Waals surface area contributed by atoms with Gasteiger partial charge in [0, 0.05) is 29.0 Å². The average Bonchev–Trinajstić information content (AvgIpc) is 3.36. The molecule has 0 spiro atoms. The number of aromatic nitrogens is 2. The summed E-state index contributed by atoms with van der Waals surface area (Å²) in [5.74, 6) is -2.05. The third kappa shape index (κ3) is 4.97. The number of rotatable bonds is 6. The molecule has 4 aromatic rings. The van der Waals surface area contributed by atoms with Crippen molar-refractivity contribution in [2.24, 2.45) is 0 Å². The van der Waals surface area contributed by atoms with Crippen molar-refractivity contribution in [1.82, 2.24) is 9.55 Å². The highest BCUT2D eigenvalue weighted by molar-refractivity contribution is 5.70. The summed E-state index contributed by atoms with van der Waals surface area (Å²) in [6, 6.07) is 9.03. The Bertz CT molecular complexity index is 1680. The van der Waals surface area contributed by atoms with Crippen molar-refractivity contribution < 1.29 is 31.1 Å². The maximum atomic E-state index is 14.4. The molecule has 4 rings (SSSR count). The summed E-state index contributed by atoms with van der Waals surface area (Å²) in [7, 11) is 0. The molecule has 0 bridgehead atoms. The van der Waals surface area contributed by atoms with Crippen LogP contribution in [-0.4, -0.2) is 16.2 Å². The van der Waals surface area contributed by atoms with E-state index in [0.717, 1.165) is 16.7 Å². The van der Waals surface area contributed by atoms with Gasteiger partial charge in [-0.3, -0.25) is 9.36 Å². The Morgan fingerprint density at radius 1 is 1.08 bits per heavy atom. The van der Waals surface area contributed by atoms with Crippen molar-refractivity contribution in [2.45, 2.75) is 19.6 Å². The Labute approximate surface area is 211 Å². The van der Waals surface area contributed by atoms with Crippen LogP contribution in [0, 0.1) is 34.3 Å². The molecule has 12 heteroatoms. The van der Waals surface area contributed by atoms with Gasteiger partial charge in [0.1, 0.15) is 34.9 Å². The Morgan fingerprint density at radius 2 is 1.84 bits per heavy atom. The van der Waals surface area contributed by atoms with Gasteiger partial charge in [-0.05, 0) is 31.2 Å². The maximum Gasteiger partial charge on any atom is 0.417 e. The first-order valence-corrected chi connectivity index (χ1v) is 10.9. The molecule has 0 unspecified atom stereocenters. The van der Waals surface area contributed by atoms with E-state index in [4.69, 9.17) is 9.15 Å². The van der Waals surface area contributed by atoms with Gasteiger partial charge in [0.05, 0.1) is 30.7 Å². The predicted octanol–water partition coefficient (Wildman–Crippen LogP) is 5.66. The van der Waals surface area contributed by atoms with Crippen LogP contribution in [0.3, 0.4) is 0 Å². The fraction of sp³-hybridized carbons (Fsp3) is 0.154. The van der Waals surface area contributed by atoms with Crippen molar-refractivity contribution in [2.75, 3.05) is 6.61 Å². The van der Waals surface area contributed by atoms with E-state index >= 15 is 0 Å². The fourth-order valence-electron chi connectivity index (χ4n) is 3.72. The number of nitrogens with zero attached hydrogens (tertiary/aromatic N) is 4. The lowest BCUT2D eigenvalue weighted by atomic mass is 10.1. The molecule has 0 fully saturated rings. The van der Waals surface area contributed by atoms with Gasteiger partial charge < -0.3 is 9.15 Å². The topological polar surface area (TPSA) is 105 Å². The van der Waals surface area contributed by atoms with Gasteiger partial charge in [0.2, 0.25) is 5.88 Å². The molecule has 0 aliphatic carbocycles. The van der Waals surface area contributed by atoms with Crippen molar-refractivity contribution in [3.63, 3.8) is 0 Å². The van der Waals surface area contributed by atoms with Gasteiger partial charge >= 0.3 is 6.18 Å². The molecular formula is C26H15F5N4O3. The van der Waals surface area contributed by atoms with Gasteiger partial charge in [-0.1, -0.05) is 6.07 Å². The Morgan fingerprint density at radius 3 is 2.47 bits per heavy atom. The van der Waals surface area contributed by atoms with Crippen LogP contribution in [0.5, 0.6) is 5.88 Å². The summed E-state index contributed by atoms with van der Waals surface area (Å²) >= 11 is 0. The monoisotopic (exact) mass is 526 g/mol. The molecule has 192 valence electrons. The van der Waals surface area contributed by atoms with E-state index in [0.29, 0.717) is 23.3 Å². The molecular weight excluding hydrogens is 511 g/mol. The van der Waals surface area contributed by atoms with E-state index in [1.54, 1.807) is 6.92 Å². The van der Waals surface area contributed by atoms with Crippen LogP contribution < -0.4 is 10.3 Å². The zero-order valence-electron chi connectivity index (χ0n) is 19.4. The number of hydrogen-bond donors (Lipinski definition) is 0. The normalized spacial score (nSPS) is 11.2. The number of furan rings is 1. The minimum Gasteiger partial charge on any atom is -0.477 e. The van der Waals surface area contributed by atoms with Crippen LogP contribution >= 0.6 is 0 Å². The molecule has 0 atom stereocenters. The second kappa shape index (κ2) is 10.2. The minimum absolute atomic E-state index is 0.0968. The van der Waals surface area contributed by atoms with Gasteiger partial charge in [-0.15, -0.1) is 0 Å².